The molecule has 1 unspecified atom stereocenters. The van der Waals surface area contributed by atoms with Crippen LogP contribution >= 0.6 is 0 Å². The number of ether oxygens (including phenoxy) is 1. The van der Waals surface area contributed by atoms with Gasteiger partial charge in [-0.05, 0) is 32.0 Å². The van der Waals surface area contributed by atoms with Crippen LogP contribution in [0.25, 0.3) is 0 Å². The lowest BCUT2D eigenvalue weighted by Gasteiger charge is -2.38. The van der Waals surface area contributed by atoms with E-state index in [1.54, 1.807) is 6.07 Å². The molecule has 0 radical (unpaired) electrons. The van der Waals surface area contributed by atoms with E-state index in [9.17, 15) is 9.59 Å². The molecule has 1 heterocycles. The number of anilines is 1. The molecule has 21 heavy (non-hydrogen) atoms. The van der Waals surface area contributed by atoms with Crippen molar-refractivity contribution in [3.05, 3.63) is 23.8 Å². The highest BCUT2D eigenvalue weighted by Gasteiger charge is 2.34. The molecule has 2 amide bonds. The largest absolute Gasteiger partial charge is 0.487 e. The summed E-state index contributed by atoms with van der Waals surface area (Å²) >= 11 is 0. The van der Waals surface area contributed by atoms with Gasteiger partial charge in [0.05, 0.1) is 12.6 Å². The summed E-state index contributed by atoms with van der Waals surface area (Å²) < 4.78 is 5.91. The minimum atomic E-state index is -0.380. The monoisotopic (exact) mass is 291 g/mol. The summed E-state index contributed by atoms with van der Waals surface area (Å²) in [5.74, 6) is 0.258. The van der Waals surface area contributed by atoms with Crippen LogP contribution in [0.2, 0.25) is 0 Å². The van der Waals surface area contributed by atoms with E-state index >= 15 is 0 Å². The Morgan fingerprint density at radius 1 is 1.43 bits per heavy atom. The van der Waals surface area contributed by atoms with E-state index in [2.05, 4.69) is 10.6 Å². The highest BCUT2D eigenvalue weighted by molar-refractivity contribution is 5.84. The average molecular weight is 291 g/mol. The van der Waals surface area contributed by atoms with Crippen molar-refractivity contribution in [2.24, 2.45) is 0 Å². The predicted octanol–water partition coefficient (Wildman–Crippen LogP) is 1.12. The van der Waals surface area contributed by atoms with Gasteiger partial charge in [0, 0.05) is 24.6 Å². The molecule has 0 aromatic heterocycles. The van der Waals surface area contributed by atoms with Crippen LogP contribution in [-0.2, 0) is 9.59 Å². The normalized spacial score (nSPS) is 19.1. The summed E-state index contributed by atoms with van der Waals surface area (Å²) in [7, 11) is 0. The van der Waals surface area contributed by atoms with Crippen LogP contribution in [0.3, 0.4) is 0 Å². The Balaban J connectivity index is 2.17. The van der Waals surface area contributed by atoms with Crippen LogP contribution in [0.4, 0.5) is 5.69 Å². The lowest BCUT2D eigenvalue weighted by molar-refractivity contribution is -0.125. The standard InChI is InChI=1S/C15H21N3O3/c1-9(19)17-8-14(20)18-12-7-15(2,3)21-13-5-4-10(16)6-11(12)13/h4-6,12H,7-8,16H2,1-3H3,(H,17,19)(H,18,20). The fourth-order valence-electron chi connectivity index (χ4n) is 2.45. The van der Waals surface area contributed by atoms with Gasteiger partial charge in [0.1, 0.15) is 11.4 Å². The lowest BCUT2D eigenvalue weighted by Crippen LogP contribution is -2.44. The van der Waals surface area contributed by atoms with Gasteiger partial charge in [-0.2, -0.15) is 0 Å². The van der Waals surface area contributed by atoms with Crippen LogP contribution in [0, 0.1) is 0 Å². The maximum atomic E-state index is 11.9. The first-order chi connectivity index (χ1) is 9.77. The minimum absolute atomic E-state index is 0.0369. The Kier molecular flexibility index (Phi) is 4.06. The second-order valence-corrected chi connectivity index (χ2v) is 5.89. The zero-order valence-corrected chi connectivity index (χ0v) is 12.5. The summed E-state index contributed by atoms with van der Waals surface area (Å²) in [6.45, 7) is 5.28. The lowest BCUT2D eigenvalue weighted by atomic mass is 9.89. The molecular formula is C15H21N3O3. The molecule has 0 bridgehead atoms. The van der Waals surface area contributed by atoms with Gasteiger partial charge in [-0.25, -0.2) is 0 Å². The SMILES string of the molecule is CC(=O)NCC(=O)NC1CC(C)(C)Oc2ccc(N)cc21. The molecular weight excluding hydrogens is 270 g/mol. The number of amides is 2. The molecule has 0 spiro atoms. The Hall–Kier alpha value is -2.24. The molecule has 1 atom stereocenters. The zero-order valence-electron chi connectivity index (χ0n) is 12.5. The minimum Gasteiger partial charge on any atom is -0.487 e. The number of benzene rings is 1. The van der Waals surface area contributed by atoms with E-state index < -0.39 is 0 Å². The first-order valence-corrected chi connectivity index (χ1v) is 6.89. The van der Waals surface area contributed by atoms with Crippen molar-refractivity contribution in [2.45, 2.75) is 38.8 Å². The first-order valence-electron chi connectivity index (χ1n) is 6.89. The second kappa shape index (κ2) is 5.63. The average Bonchev–Trinajstić information content (AvgIpc) is 2.36. The van der Waals surface area contributed by atoms with Gasteiger partial charge in [0.25, 0.3) is 0 Å². The number of hydrogen-bond acceptors (Lipinski definition) is 4. The number of carbonyl (C=O) groups excluding carboxylic acids is 2. The molecule has 1 aromatic rings. The van der Waals surface area contributed by atoms with Crippen molar-refractivity contribution in [3.8, 4) is 5.75 Å². The van der Waals surface area contributed by atoms with Crippen molar-refractivity contribution >= 4 is 17.5 Å². The number of nitrogens with two attached hydrogens (primary N) is 1. The van der Waals surface area contributed by atoms with Crippen molar-refractivity contribution in [2.75, 3.05) is 12.3 Å². The van der Waals surface area contributed by atoms with E-state index in [1.165, 1.54) is 6.92 Å². The number of carbonyl (C=O) groups is 2. The third-order valence-corrected chi connectivity index (χ3v) is 3.32. The predicted molar refractivity (Wildman–Crippen MR) is 79.7 cm³/mol. The van der Waals surface area contributed by atoms with E-state index in [0.717, 1.165) is 11.3 Å². The van der Waals surface area contributed by atoms with E-state index in [-0.39, 0.29) is 30.0 Å². The van der Waals surface area contributed by atoms with Gasteiger partial charge in [-0.1, -0.05) is 0 Å². The van der Waals surface area contributed by atoms with E-state index in [0.29, 0.717) is 12.1 Å². The molecule has 1 aromatic carbocycles. The molecule has 1 aliphatic rings. The molecule has 4 N–H and O–H groups in total. The van der Waals surface area contributed by atoms with Gasteiger partial charge < -0.3 is 21.1 Å². The Labute approximate surface area is 124 Å². The van der Waals surface area contributed by atoms with E-state index in [1.807, 2.05) is 26.0 Å². The molecule has 0 saturated heterocycles. The topological polar surface area (TPSA) is 93.5 Å². The maximum absolute atomic E-state index is 11.9. The Morgan fingerprint density at radius 3 is 2.81 bits per heavy atom. The van der Waals surface area contributed by atoms with Crippen molar-refractivity contribution in [3.63, 3.8) is 0 Å². The van der Waals surface area contributed by atoms with Crippen LogP contribution in [0.1, 0.15) is 38.8 Å². The first kappa shape index (κ1) is 15.2. The van der Waals surface area contributed by atoms with Crippen LogP contribution in [0.5, 0.6) is 5.75 Å². The fourth-order valence-corrected chi connectivity index (χ4v) is 2.45. The summed E-state index contributed by atoms with van der Waals surface area (Å²) in [5.41, 5.74) is 6.93. The van der Waals surface area contributed by atoms with Crippen molar-refractivity contribution in [1.29, 1.82) is 0 Å². The quantitative estimate of drug-likeness (QED) is 0.728. The molecule has 6 nitrogen and oxygen atoms in total. The summed E-state index contributed by atoms with van der Waals surface area (Å²) in [6, 6.07) is 5.22. The Morgan fingerprint density at radius 2 is 2.14 bits per heavy atom. The van der Waals surface area contributed by atoms with Crippen molar-refractivity contribution in [1.82, 2.24) is 10.6 Å². The highest BCUT2D eigenvalue weighted by atomic mass is 16.5. The molecule has 114 valence electrons. The van der Waals surface area contributed by atoms with Gasteiger partial charge in [0.15, 0.2) is 0 Å². The molecule has 0 saturated carbocycles. The number of rotatable bonds is 3. The number of fused-ring (bicyclic) bond motifs is 1. The molecule has 0 fully saturated rings. The molecule has 1 aliphatic heterocycles. The fraction of sp³-hybridized carbons (Fsp3) is 0.467. The molecule has 6 heteroatoms. The summed E-state index contributed by atoms with van der Waals surface area (Å²) in [6.07, 6.45) is 0.634. The zero-order chi connectivity index (χ0) is 15.6. The smallest absolute Gasteiger partial charge is 0.239 e. The molecule has 0 aliphatic carbocycles. The van der Waals surface area contributed by atoms with Gasteiger partial charge in [-0.15, -0.1) is 0 Å². The van der Waals surface area contributed by atoms with Crippen LogP contribution < -0.4 is 21.1 Å². The Bertz CT molecular complexity index is 569. The molecule has 2 rings (SSSR count). The number of nitrogen functional groups attached to an aromatic ring is 1. The number of nitrogens with one attached hydrogen (secondary N) is 2. The third kappa shape index (κ3) is 3.87. The second-order valence-electron chi connectivity index (χ2n) is 5.89. The number of hydrogen-bond donors (Lipinski definition) is 3. The highest BCUT2D eigenvalue weighted by Crippen LogP contribution is 2.40. The summed E-state index contributed by atoms with van der Waals surface area (Å²) in [4.78, 5) is 22.8. The maximum Gasteiger partial charge on any atom is 0.239 e. The van der Waals surface area contributed by atoms with Crippen molar-refractivity contribution < 1.29 is 14.3 Å². The third-order valence-electron chi connectivity index (χ3n) is 3.32. The van der Waals surface area contributed by atoms with Crippen LogP contribution in [-0.4, -0.2) is 24.0 Å². The van der Waals surface area contributed by atoms with Gasteiger partial charge in [0.2, 0.25) is 11.8 Å². The van der Waals surface area contributed by atoms with E-state index in [4.69, 9.17) is 10.5 Å². The van der Waals surface area contributed by atoms with Gasteiger partial charge in [-0.3, -0.25) is 9.59 Å². The van der Waals surface area contributed by atoms with Crippen LogP contribution in [0.15, 0.2) is 18.2 Å². The van der Waals surface area contributed by atoms with Gasteiger partial charge >= 0.3 is 0 Å². The summed E-state index contributed by atoms with van der Waals surface area (Å²) in [5, 5.41) is 5.41.